The van der Waals surface area contributed by atoms with E-state index in [0.29, 0.717) is 0 Å². The van der Waals surface area contributed by atoms with Crippen LogP contribution < -0.4 is 10.1 Å². The number of amides is 1. The van der Waals surface area contributed by atoms with Crippen molar-refractivity contribution in [1.29, 1.82) is 0 Å². The second kappa shape index (κ2) is 8.35. The summed E-state index contributed by atoms with van der Waals surface area (Å²) in [4.78, 5) is 12.6. The topological polar surface area (TPSA) is 38.3 Å². The van der Waals surface area contributed by atoms with Gasteiger partial charge in [-0.25, -0.2) is 0 Å². The average Bonchev–Trinajstić information content (AvgIpc) is 2.68. The minimum Gasteiger partial charge on any atom is -0.488 e. The van der Waals surface area contributed by atoms with Gasteiger partial charge in [-0.1, -0.05) is 54.1 Å². The summed E-state index contributed by atoms with van der Waals surface area (Å²) < 4.78 is 45.4. The number of halogens is 4. The second-order valence-electron chi connectivity index (χ2n) is 5.91. The van der Waals surface area contributed by atoms with Gasteiger partial charge in [-0.3, -0.25) is 4.79 Å². The van der Waals surface area contributed by atoms with E-state index in [1.807, 2.05) is 30.3 Å². The molecule has 0 spiro atoms. The third kappa shape index (κ3) is 4.84. The van der Waals surface area contributed by atoms with Crippen LogP contribution in [0.1, 0.15) is 21.5 Å². The Morgan fingerprint density at radius 3 is 2.36 bits per heavy atom. The zero-order chi connectivity index (χ0) is 20.1. The lowest BCUT2D eigenvalue weighted by Gasteiger charge is -2.15. The number of benzene rings is 3. The first-order chi connectivity index (χ1) is 13.3. The van der Waals surface area contributed by atoms with Crippen molar-refractivity contribution in [2.75, 3.05) is 5.32 Å². The number of nitrogens with one attached hydrogen (secondary N) is 1. The van der Waals surface area contributed by atoms with Crippen molar-refractivity contribution in [3.05, 3.63) is 94.5 Å². The summed E-state index contributed by atoms with van der Waals surface area (Å²) >= 11 is 5.67. The minimum absolute atomic E-state index is 0.0723. The van der Waals surface area contributed by atoms with Crippen molar-refractivity contribution in [2.45, 2.75) is 12.8 Å². The summed E-state index contributed by atoms with van der Waals surface area (Å²) in [6, 6.07) is 18.9. The standard InChI is InChI=1S/C21H15ClF3NO2/c22-15-10-11-18(17(12-15)21(23,24)25)26-20(27)16-8-4-5-9-19(16)28-13-14-6-2-1-3-7-14/h1-12H,13H2,(H,26,27). The number of hydrogen-bond donors (Lipinski definition) is 1. The van der Waals surface area contributed by atoms with Gasteiger partial charge in [0, 0.05) is 5.02 Å². The molecule has 3 aromatic carbocycles. The maximum Gasteiger partial charge on any atom is 0.418 e. The van der Waals surface area contributed by atoms with Crippen LogP contribution in [-0.2, 0) is 12.8 Å². The van der Waals surface area contributed by atoms with Gasteiger partial charge < -0.3 is 10.1 Å². The molecule has 3 aromatic rings. The first kappa shape index (κ1) is 19.8. The van der Waals surface area contributed by atoms with E-state index in [-0.39, 0.29) is 28.6 Å². The highest BCUT2D eigenvalue weighted by Crippen LogP contribution is 2.37. The Kier molecular flexibility index (Phi) is 5.90. The van der Waals surface area contributed by atoms with Gasteiger partial charge >= 0.3 is 6.18 Å². The molecule has 144 valence electrons. The van der Waals surface area contributed by atoms with Crippen LogP contribution in [0.3, 0.4) is 0 Å². The molecule has 0 aliphatic heterocycles. The molecular formula is C21H15ClF3NO2. The monoisotopic (exact) mass is 405 g/mol. The molecule has 1 N–H and O–H groups in total. The zero-order valence-corrected chi connectivity index (χ0v) is 15.2. The first-order valence-corrected chi connectivity index (χ1v) is 8.66. The largest absolute Gasteiger partial charge is 0.488 e. The minimum atomic E-state index is -4.66. The SMILES string of the molecule is O=C(Nc1ccc(Cl)cc1C(F)(F)F)c1ccccc1OCc1ccccc1. The van der Waals surface area contributed by atoms with Gasteiger partial charge in [-0.15, -0.1) is 0 Å². The average molecular weight is 406 g/mol. The molecule has 0 saturated carbocycles. The summed E-state index contributed by atoms with van der Waals surface area (Å²) in [7, 11) is 0. The molecule has 7 heteroatoms. The molecule has 0 atom stereocenters. The van der Waals surface area contributed by atoms with Gasteiger partial charge in [0.15, 0.2) is 0 Å². The van der Waals surface area contributed by atoms with Gasteiger partial charge in [-0.05, 0) is 35.9 Å². The summed E-state index contributed by atoms with van der Waals surface area (Å²) in [5.41, 5.74) is -0.368. The molecule has 0 heterocycles. The Hall–Kier alpha value is -2.99. The Labute approximate surface area is 164 Å². The number of ether oxygens (including phenoxy) is 1. The summed E-state index contributed by atoms with van der Waals surface area (Å²) in [6.45, 7) is 0.222. The van der Waals surface area contributed by atoms with E-state index in [0.717, 1.165) is 17.7 Å². The van der Waals surface area contributed by atoms with Gasteiger partial charge in [0.25, 0.3) is 5.91 Å². The highest BCUT2D eigenvalue weighted by molar-refractivity contribution is 6.30. The number of hydrogen-bond acceptors (Lipinski definition) is 2. The van der Waals surface area contributed by atoms with E-state index in [1.165, 1.54) is 12.1 Å². The maximum atomic E-state index is 13.2. The summed E-state index contributed by atoms with van der Waals surface area (Å²) in [6.07, 6.45) is -4.66. The van der Waals surface area contributed by atoms with Crippen molar-refractivity contribution in [3.63, 3.8) is 0 Å². The van der Waals surface area contributed by atoms with Crippen molar-refractivity contribution in [1.82, 2.24) is 0 Å². The molecule has 0 aliphatic rings. The molecule has 0 radical (unpaired) electrons. The van der Waals surface area contributed by atoms with Crippen LogP contribution in [-0.4, -0.2) is 5.91 Å². The van der Waals surface area contributed by atoms with E-state index in [1.54, 1.807) is 18.2 Å². The fraction of sp³-hybridized carbons (Fsp3) is 0.0952. The van der Waals surface area contributed by atoms with Gasteiger partial charge in [-0.2, -0.15) is 13.2 Å². The molecule has 0 aromatic heterocycles. The first-order valence-electron chi connectivity index (χ1n) is 8.28. The van der Waals surface area contributed by atoms with Crippen LogP contribution in [0, 0.1) is 0 Å². The smallest absolute Gasteiger partial charge is 0.418 e. The highest BCUT2D eigenvalue weighted by atomic mass is 35.5. The number of carbonyl (C=O) groups is 1. The van der Waals surface area contributed by atoms with Crippen LogP contribution in [0.4, 0.5) is 18.9 Å². The third-order valence-electron chi connectivity index (χ3n) is 3.90. The summed E-state index contributed by atoms with van der Waals surface area (Å²) in [5, 5.41) is 2.23. The van der Waals surface area contributed by atoms with Gasteiger partial charge in [0.05, 0.1) is 16.8 Å². The van der Waals surface area contributed by atoms with Crippen LogP contribution in [0.5, 0.6) is 5.75 Å². The zero-order valence-electron chi connectivity index (χ0n) is 14.5. The van der Waals surface area contributed by atoms with Crippen LogP contribution in [0.25, 0.3) is 0 Å². The predicted molar refractivity (Wildman–Crippen MR) is 102 cm³/mol. The molecular weight excluding hydrogens is 391 g/mol. The van der Waals surface area contributed by atoms with E-state index in [9.17, 15) is 18.0 Å². The third-order valence-corrected chi connectivity index (χ3v) is 4.14. The van der Waals surface area contributed by atoms with Crippen molar-refractivity contribution >= 4 is 23.2 Å². The quantitative estimate of drug-likeness (QED) is 0.549. The number of alkyl halides is 3. The van der Waals surface area contributed by atoms with Crippen molar-refractivity contribution < 1.29 is 22.7 Å². The fourth-order valence-electron chi connectivity index (χ4n) is 2.57. The number of para-hydroxylation sites is 1. The molecule has 0 saturated heterocycles. The maximum absolute atomic E-state index is 13.2. The summed E-state index contributed by atoms with van der Waals surface area (Å²) in [5.74, 6) is -0.442. The molecule has 0 unspecified atom stereocenters. The van der Waals surface area contributed by atoms with Gasteiger partial charge in [0.2, 0.25) is 0 Å². The number of anilines is 1. The Balaban J connectivity index is 1.82. The van der Waals surface area contributed by atoms with E-state index in [4.69, 9.17) is 16.3 Å². The van der Waals surface area contributed by atoms with E-state index >= 15 is 0 Å². The lowest BCUT2D eigenvalue weighted by molar-refractivity contribution is -0.136. The molecule has 0 aliphatic carbocycles. The lowest BCUT2D eigenvalue weighted by atomic mass is 10.1. The van der Waals surface area contributed by atoms with Crippen LogP contribution >= 0.6 is 11.6 Å². The van der Waals surface area contributed by atoms with Crippen molar-refractivity contribution in [3.8, 4) is 5.75 Å². The van der Waals surface area contributed by atoms with Crippen LogP contribution in [0.15, 0.2) is 72.8 Å². The molecule has 28 heavy (non-hydrogen) atoms. The molecule has 3 nitrogen and oxygen atoms in total. The molecule has 1 amide bonds. The van der Waals surface area contributed by atoms with E-state index in [2.05, 4.69) is 5.32 Å². The van der Waals surface area contributed by atoms with Crippen molar-refractivity contribution in [2.24, 2.45) is 0 Å². The normalized spacial score (nSPS) is 11.1. The predicted octanol–water partition coefficient (Wildman–Crippen LogP) is 6.19. The molecule has 3 rings (SSSR count). The van der Waals surface area contributed by atoms with E-state index < -0.39 is 17.6 Å². The van der Waals surface area contributed by atoms with Crippen LogP contribution in [0.2, 0.25) is 5.02 Å². The number of carbonyl (C=O) groups excluding carboxylic acids is 1. The Morgan fingerprint density at radius 2 is 1.64 bits per heavy atom. The Morgan fingerprint density at radius 1 is 0.964 bits per heavy atom. The fourth-order valence-corrected chi connectivity index (χ4v) is 2.74. The van der Waals surface area contributed by atoms with Gasteiger partial charge in [0.1, 0.15) is 12.4 Å². The Bertz CT molecular complexity index is 975. The second-order valence-corrected chi connectivity index (χ2v) is 6.35. The molecule has 0 bridgehead atoms. The lowest BCUT2D eigenvalue weighted by Crippen LogP contribution is -2.17. The number of rotatable bonds is 5. The highest BCUT2D eigenvalue weighted by Gasteiger charge is 2.34. The molecule has 0 fully saturated rings.